The van der Waals surface area contributed by atoms with Gasteiger partial charge in [-0.1, -0.05) is 26.0 Å². The Bertz CT molecular complexity index is 388. The van der Waals surface area contributed by atoms with Crippen molar-refractivity contribution in [1.29, 1.82) is 0 Å². The Morgan fingerprint density at radius 1 is 1.32 bits per heavy atom. The van der Waals surface area contributed by atoms with Crippen molar-refractivity contribution in [3.05, 3.63) is 29.8 Å². The number of likely N-dealkylation sites (N-methyl/N-ethyl adjacent to an activating group) is 1. The maximum absolute atomic E-state index is 10.7. The van der Waals surface area contributed by atoms with Crippen LogP contribution in [0.4, 0.5) is 0 Å². The fourth-order valence-corrected chi connectivity index (χ4v) is 1.75. The third-order valence-corrected chi connectivity index (χ3v) is 3.08. The van der Waals surface area contributed by atoms with Gasteiger partial charge in [-0.15, -0.1) is 0 Å². The molecular formula is C14H22N2O3. The van der Waals surface area contributed by atoms with Crippen LogP contribution in [-0.2, 0) is 4.79 Å². The number of nitrogens with two attached hydrogens (primary N) is 1. The highest BCUT2D eigenvalue weighted by Crippen LogP contribution is 2.16. The highest BCUT2D eigenvalue weighted by Gasteiger charge is 2.13. The number of nitrogens with zero attached hydrogens (tertiary/aromatic N) is 1. The molecule has 0 saturated carbocycles. The van der Waals surface area contributed by atoms with Crippen LogP contribution in [0.1, 0.15) is 25.5 Å². The predicted octanol–water partition coefficient (Wildman–Crippen LogP) is 1.49. The molecule has 5 nitrogen and oxygen atoms in total. The molecule has 0 amide bonds. The molecule has 1 rings (SSSR count). The minimum absolute atomic E-state index is 0.573. The first-order chi connectivity index (χ1) is 9.08. The van der Waals surface area contributed by atoms with E-state index >= 15 is 0 Å². The number of carboxylic acids is 1. The molecule has 1 unspecified atom stereocenters. The summed E-state index contributed by atoms with van der Waals surface area (Å²) in [4.78, 5) is 13.0. The second-order valence-corrected chi connectivity index (χ2v) is 4.26. The van der Waals surface area contributed by atoms with Gasteiger partial charge in [0.25, 0.3) is 0 Å². The number of hydrogen-bond acceptors (Lipinski definition) is 4. The van der Waals surface area contributed by atoms with Gasteiger partial charge >= 0.3 is 5.97 Å². The molecule has 106 valence electrons. The lowest BCUT2D eigenvalue weighted by molar-refractivity contribution is -0.138. The molecule has 0 bridgehead atoms. The molecule has 0 spiro atoms. The van der Waals surface area contributed by atoms with Gasteiger partial charge in [-0.2, -0.15) is 0 Å². The normalized spacial score (nSPS) is 12.4. The highest BCUT2D eigenvalue weighted by molar-refractivity contribution is 5.75. The molecule has 1 aromatic rings. The largest absolute Gasteiger partial charge is 0.492 e. The van der Waals surface area contributed by atoms with Crippen molar-refractivity contribution in [2.24, 2.45) is 5.73 Å². The molecule has 0 aliphatic rings. The lowest BCUT2D eigenvalue weighted by Gasteiger charge is -2.18. The van der Waals surface area contributed by atoms with Crippen LogP contribution in [0.2, 0.25) is 0 Å². The van der Waals surface area contributed by atoms with Gasteiger partial charge in [0, 0.05) is 6.54 Å². The van der Waals surface area contributed by atoms with Gasteiger partial charge in [0.15, 0.2) is 0 Å². The van der Waals surface area contributed by atoms with E-state index in [0.29, 0.717) is 12.2 Å². The maximum atomic E-state index is 10.7. The van der Waals surface area contributed by atoms with Crippen LogP contribution in [-0.4, -0.2) is 42.2 Å². The zero-order chi connectivity index (χ0) is 14.3. The van der Waals surface area contributed by atoms with Crippen LogP contribution in [0.3, 0.4) is 0 Å². The topological polar surface area (TPSA) is 75.8 Å². The minimum atomic E-state index is -1.03. The summed E-state index contributed by atoms with van der Waals surface area (Å²) in [6.45, 7) is 7.74. The third kappa shape index (κ3) is 4.89. The minimum Gasteiger partial charge on any atom is -0.492 e. The molecule has 1 aromatic carbocycles. The summed E-state index contributed by atoms with van der Waals surface area (Å²) in [5, 5.41) is 8.80. The first-order valence-corrected chi connectivity index (χ1v) is 6.52. The number of carboxylic acid groups (broad SMARTS) is 1. The van der Waals surface area contributed by atoms with Crippen LogP contribution in [0.25, 0.3) is 0 Å². The second-order valence-electron chi connectivity index (χ2n) is 4.26. The van der Waals surface area contributed by atoms with Gasteiger partial charge in [0.1, 0.15) is 18.4 Å². The van der Waals surface area contributed by atoms with E-state index < -0.39 is 12.0 Å². The van der Waals surface area contributed by atoms with Crippen molar-refractivity contribution in [1.82, 2.24) is 4.90 Å². The smallest absolute Gasteiger partial charge is 0.325 e. The zero-order valence-corrected chi connectivity index (χ0v) is 11.5. The third-order valence-electron chi connectivity index (χ3n) is 3.08. The number of benzene rings is 1. The monoisotopic (exact) mass is 266 g/mol. The zero-order valence-electron chi connectivity index (χ0n) is 11.5. The maximum Gasteiger partial charge on any atom is 0.325 e. The van der Waals surface area contributed by atoms with Gasteiger partial charge in [-0.25, -0.2) is 0 Å². The van der Waals surface area contributed by atoms with Gasteiger partial charge in [-0.3, -0.25) is 4.79 Å². The van der Waals surface area contributed by atoms with Crippen LogP contribution >= 0.6 is 0 Å². The van der Waals surface area contributed by atoms with Gasteiger partial charge in [0.2, 0.25) is 0 Å². The molecule has 5 heteroatoms. The van der Waals surface area contributed by atoms with Crippen molar-refractivity contribution >= 4 is 5.97 Å². The lowest BCUT2D eigenvalue weighted by Crippen LogP contribution is -2.27. The van der Waals surface area contributed by atoms with Crippen molar-refractivity contribution in [3.8, 4) is 5.75 Å². The summed E-state index contributed by atoms with van der Waals surface area (Å²) in [7, 11) is 0. The summed E-state index contributed by atoms with van der Waals surface area (Å²) in [6, 6.07) is 5.89. The quantitative estimate of drug-likeness (QED) is 0.745. The van der Waals surface area contributed by atoms with Gasteiger partial charge < -0.3 is 20.5 Å². The van der Waals surface area contributed by atoms with Crippen LogP contribution in [0, 0.1) is 0 Å². The van der Waals surface area contributed by atoms with Crippen LogP contribution in [0.15, 0.2) is 24.3 Å². The van der Waals surface area contributed by atoms with E-state index in [0.717, 1.165) is 25.4 Å². The Labute approximate surface area is 114 Å². The fourth-order valence-electron chi connectivity index (χ4n) is 1.75. The molecule has 3 N–H and O–H groups in total. The SMILES string of the molecule is CCN(CC)CCOc1ccc(C(N)C(=O)O)cc1. The molecule has 0 radical (unpaired) electrons. The lowest BCUT2D eigenvalue weighted by atomic mass is 10.1. The summed E-state index contributed by atoms with van der Waals surface area (Å²) in [5.74, 6) is -0.302. The standard InChI is InChI=1S/C14H22N2O3/c1-3-16(4-2)9-10-19-12-7-5-11(6-8-12)13(15)14(17)18/h5-8,13H,3-4,9-10,15H2,1-2H3,(H,17,18). The van der Waals surface area contributed by atoms with E-state index in [1.54, 1.807) is 24.3 Å². The van der Waals surface area contributed by atoms with E-state index in [1.807, 2.05) is 0 Å². The van der Waals surface area contributed by atoms with Crippen LogP contribution < -0.4 is 10.5 Å². The molecule has 0 aliphatic carbocycles. The summed E-state index contributed by atoms with van der Waals surface area (Å²) < 4.78 is 5.61. The van der Waals surface area contributed by atoms with Crippen molar-refractivity contribution in [2.75, 3.05) is 26.2 Å². The molecule has 0 fully saturated rings. The van der Waals surface area contributed by atoms with E-state index in [2.05, 4.69) is 18.7 Å². The van der Waals surface area contributed by atoms with E-state index in [9.17, 15) is 4.79 Å². The van der Waals surface area contributed by atoms with Gasteiger partial charge in [-0.05, 0) is 30.8 Å². The highest BCUT2D eigenvalue weighted by atomic mass is 16.5. The molecule has 0 aromatic heterocycles. The van der Waals surface area contributed by atoms with E-state index in [4.69, 9.17) is 15.6 Å². The molecule has 0 saturated heterocycles. The molecule has 1 atom stereocenters. The molecule has 0 heterocycles. The average Bonchev–Trinajstić information content (AvgIpc) is 2.43. The average molecular weight is 266 g/mol. The van der Waals surface area contributed by atoms with E-state index in [-0.39, 0.29) is 0 Å². The molecule has 19 heavy (non-hydrogen) atoms. The predicted molar refractivity (Wildman–Crippen MR) is 74.3 cm³/mol. The molecule has 0 aliphatic heterocycles. The first-order valence-electron chi connectivity index (χ1n) is 6.52. The second kappa shape index (κ2) is 7.76. The Hall–Kier alpha value is -1.59. The van der Waals surface area contributed by atoms with Crippen molar-refractivity contribution in [3.63, 3.8) is 0 Å². The Morgan fingerprint density at radius 3 is 2.37 bits per heavy atom. The van der Waals surface area contributed by atoms with Crippen molar-refractivity contribution in [2.45, 2.75) is 19.9 Å². The Kier molecular flexibility index (Phi) is 6.32. The summed E-state index contributed by atoms with van der Waals surface area (Å²) in [5.41, 5.74) is 6.09. The number of hydrogen-bond donors (Lipinski definition) is 2. The summed E-state index contributed by atoms with van der Waals surface area (Å²) in [6.07, 6.45) is 0. The number of rotatable bonds is 8. The van der Waals surface area contributed by atoms with Crippen LogP contribution in [0.5, 0.6) is 5.75 Å². The van der Waals surface area contributed by atoms with Crippen molar-refractivity contribution < 1.29 is 14.6 Å². The van der Waals surface area contributed by atoms with Gasteiger partial charge in [0.05, 0.1) is 0 Å². The summed E-state index contributed by atoms with van der Waals surface area (Å²) >= 11 is 0. The number of aliphatic carboxylic acids is 1. The number of ether oxygens (including phenoxy) is 1. The first kappa shape index (κ1) is 15.5. The number of carbonyl (C=O) groups is 1. The Balaban J connectivity index is 2.46. The fraction of sp³-hybridized carbons (Fsp3) is 0.500. The Morgan fingerprint density at radius 2 is 1.89 bits per heavy atom. The van der Waals surface area contributed by atoms with E-state index in [1.165, 1.54) is 0 Å². The molecular weight excluding hydrogens is 244 g/mol.